The summed E-state index contributed by atoms with van der Waals surface area (Å²) in [5.74, 6) is -0.221. The molecule has 0 aliphatic heterocycles. The molecule has 0 saturated carbocycles. The van der Waals surface area contributed by atoms with E-state index in [1.54, 1.807) is 6.07 Å². The molecule has 0 spiro atoms. The molecule has 0 atom stereocenters. The third kappa shape index (κ3) is 7.19. The smallest absolute Gasteiger partial charge is 0.269 e. The van der Waals surface area contributed by atoms with E-state index in [0.29, 0.717) is 24.3 Å². The summed E-state index contributed by atoms with van der Waals surface area (Å²) in [6.45, 7) is 2.83. The van der Waals surface area contributed by atoms with E-state index >= 15 is 0 Å². The molecule has 0 aliphatic carbocycles. The molecule has 2 heterocycles. The van der Waals surface area contributed by atoms with Crippen LogP contribution in [0.15, 0.2) is 78.9 Å². The number of fused-ring (bicyclic) bond motifs is 3. The summed E-state index contributed by atoms with van der Waals surface area (Å²) in [5.41, 5.74) is 4.63. The van der Waals surface area contributed by atoms with Gasteiger partial charge in [0, 0.05) is 47.9 Å². The first-order valence-corrected chi connectivity index (χ1v) is 14.6. The number of unbranched alkanes of at least 4 members (excludes halogenated alkanes) is 3. The lowest BCUT2D eigenvalue weighted by Gasteiger charge is -2.14. The van der Waals surface area contributed by atoms with Crippen molar-refractivity contribution in [3.05, 3.63) is 90.1 Å². The Morgan fingerprint density at radius 2 is 1.38 bits per heavy atom. The fraction of sp³-hybridized carbons (Fsp3) is 0.294. The number of benzene rings is 3. The molecule has 2 amide bonds. The van der Waals surface area contributed by atoms with Crippen LogP contribution in [0.1, 0.15) is 46.5 Å². The van der Waals surface area contributed by atoms with Gasteiger partial charge in [-0.05, 0) is 63.3 Å². The first-order valence-electron chi connectivity index (χ1n) is 14.6. The van der Waals surface area contributed by atoms with Crippen molar-refractivity contribution in [2.75, 3.05) is 45.6 Å². The Labute approximate surface area is 246 Å². The summed E-state index contributed by atoms with van der Waals surface area (Å²) in [5, 5.41) is 12.7. The Morgan fingerprint density at radius 1 is 0.667 bits per heavy atom. The van der Waals surface area contributed by atoms with Gasteiger partial charge in [0.15, 0.2) is 0 Å². The number of aromatic nitrogens is 2. The highest BCUT2D eigenvalue weighted by molar-refractivity contribution is 6.09. The summed E-state index contributed by atoms with van der Waals surface area (Å²) < 4.78 is 0. The zero-order valence-corrected chi connectivity index (χ0v) is 24.3. The van der Waals surface area contributed by atoms with Crippen LogP contribution in [0.3, 0.4) is 0 Å². The van der Waals surface area contributed by atoms with Gasteiger partial charge in [0.2, 0.25) is 0 Å². The zero-order valence-electron chi connectivity index (χ0n) is 24.3. The van der Waals surface area contributed by atoms with E-state index in [1.807, 2.05) is 85.7 Å². The topological polar surface area (TPSA) is 99.2 Å². The molecule has 3 N–H and O–H groups in total. The monoisotopic (exact) mass is 562 g/mol. The van der Waals surface area contributed by atoms with Crippen molar-refractivity contribution in [3.63, 3.8) is 0 Å². The largest absolute Gasteiger partial charge is 0.384 e. The number of para-hydroxylation sites is 2. The molecule has 0 radical (unpaired) electrons. The number of amides is 2. The van der Waals surface area contributed by atoms with Crippen LogP contribution >= 0.6 is 0 Å². The fourth-order valence-corrected chi connectivity index (χ4v) is 5.02. The molecule has 216 valence electrons. The van der Waals surface area contributed by atoms with Crippen LogP contribution in [0, 0.1) is 0 Å². The highest BCUT2D eigenvalue weighted by Crippen LogP contribution is 2.31. The second-order valence-corrected chi connectivity index (χ2v) is 10.8. The fourth-order valence-electron chi connectivity index (χ4n) is 5.02. The summed E-state index contributed by atoms with van der Waals surface area (Å²) in [4.78, 5) is 36.6. The highest BCUT2D eigenvalue weighted by Gasteiger charge is 2.12. The highest BCUT2D eigenvalue weighted by atomic mass is 16.2. The molecule has 0 aliphatic rings. The molecule has 8 heteroatoms. The minimum Gasteiger partial charge on any atom is -0.384 e. The van der Waals surface area contributed by atoms with E-state index in [2.05, 4.69) is 27.0 Å². The Bertz CT molecular complexity index is 1700. The zero-order chi connectivity index (χ0) is 29.3. The van der Waals surface area contributed by atoms with Crippen molar-refractivity contribution in [1.29, 1.82) is 0 Å². The summed E-state index contributed by atoms with van der Waals surface area (Å²) >= 11 is 0. The summed E-state index contributed by atoms with van der Waals surface area (Å²) in [7, 11) is 3.97. The van der Waals surface area contributed by atoms with E-state index in [1.165, 1.54) is 0 Å². The number of rotatable bonds is 13. The average molecular weight is 563 g/mol. The van der Waals surface area contributed by atoms with Gasteiger partial charge in [-0.25, -0.2) is 9.97 Å². The van der Waals surface area contributed by atoms with E-state index in [9.17, 15) is 9.59 Å². The maximum absolute atomic E-state index is 12.7. The Kier molecular flexibility index (Phi) is 9.56. The van der Waals surface area contributed by atoms with Crippen molar-refractivity contribution >= 4 is 50.2 Å². The van der Waals surface area contributed by atoms with E-state index < -0.39 is 0 Å². The van der Waals surface area contributed by atoms with Gasteiger partial charge in [0.05, 0.1) is 22.2 Å². The first-order chi connectivity index (χ1) is 20.5. The lowest BCUT2D eigenvalue weighted by Crippen LogP contribution is -2.31. The van der Waals surface area contributed by atoms with Gasteiger partial charge in [-0.2, -0.15) is 0 Å². The Hall–Kier alpha value is -4.56. The van der Waals surface area contributed by atoms with Crippen molar-refractivity contribution in [3.8, 4) is 0 Å². The molecule has 42 heavy (non-hydrogen) atoms. The van der Waals surface area contributed by atoms with Crippen LogP contribution < -0.4 is 16.0 Å². The second kappa shape index (κ2) is 13.9. The molecule has 5 aromatic rings. The first kappa shape index (κ1) is 29.0. The standard InChI is InChI=1S/C34H38N6O2/c1-40(2)22-21-37-33(41)25-15-17-27-31(23-25)39-29-14-8-6-12-26(29)32(27)35-19-9-3-4-10-20-36-34(42)30-18-16-24-11-5-7-13-28(24)38-30/h5-8,11-18,23H,3-4,9-10,19-22H2,1-2H3,(H,35,39)(H,36,42)(H,37,41). The Balaban J connectivity index is 1.12. The number of hydrogen-bond donors (Lipinski definition) is 3. The third-order valence-electron chi connectivity index (χ3n) is 7.31. The third-order valence-corrected chi connectivity index (χ3v) is 7.31. The van der Waals surface area contributed by atoms with Crippen LogP contribution in [0.4, 0.5) is 5.69 Å². The molecule has 3 aromatic carbocycles. The number of carbonyl (C=O) groups is 2. The predicted molar refractivity (Wildman–Crippen MR) is 171 cm³/mol. The Morgan fingerprint density at radius 3 is 2.21 bits per heavy atom. The van der Waals surface area contributed by atoms with Crippen molar-refractivity contribution < 1.29 is 9.59 Å². The SMILES string of the molecule is CN(C)CCNC(=O)c1ccc2c(NCCCCCCNC(=O)c3ccc4ccccc4n3)c3ccccc3nc2c1. The molecule has 0 fully saturated rings. The van der Waals surface area contributed by atoms with E-state index in [-0.39, 0.29) is 11.8 Å². The van der Waals surface area contributed by atoms with Crippen molar-refractivity contribution in [1.82, 2.24) is 25.5 Å². The molecule has 0 saturated heterocycles. The molecular formula is C34H38N6O2. The predicted octanol–water partition coefficient (Wildman–Crippen LogP) is 5.63. The number of pyridine rings is 2. The van der Waals surface area contributed by atoms with Gasteiger partial charge < -0.3 is 20.9 Å². The van der Waals surface area contributed by atoms with Crippen LogP contribution in [0.25, 0.3) is 32.7 Å². The minimum absolute atomic E-state index is 0.0899. The van der Waals surface area contributed by atoms with Gasteiger partial charge in [0.1, 0.15) is 5.69 Å². The van der Waals surface area contributed by atoms with Gasteiger partial charge in [-0.15, -0.1) is 0 Å². The number of nitrogens with zero attached hydrogens (tertiary/aromatic N) is 3. The summed E-state index contributed by atoms with van der Waals surface area (Å²) in [6.07, 6.45) is 4.00. The van der Waals surface area contributed by atoms with Crippen molar-refractivity contribution in [2.45, 2.75) is 25.7 Å². The van der Waals surface area contributed by atoms with Gasteiger partial charge in [-0.3, -0.25) is 9.59 Å². The number of nitrogens with one attached hydrogen (secondary N) is 3. The number of likely N-dealkylation sites (N-methyl/N-ethyl adjacent to an activating group) is 1. The van der Waals surface area contributed by atoms with Crippen LogP contribution in [-0.4, -0.2) is 67.0 Å². The van der Waals surface area contributed by atoms with E-state index in [0.717, 1.165) is 77.2 Å². The molecule has 2 aromatic heterocycles. The maximum atomic E-state index is 12.7. The lowest BCUT2D eigenvalue weighted by atomic mass is 10.0. The van der Waals surface area contributed by atoms with Crippen molar-refractivity contribution in [2.24, 2.45) is 0 Å². The van der Waals surface area contributed by atoms with Crippen LogP contribution in [-0.2, 0) is 0 Å². The summed E-state index contributed by atoms with van der Waals surface area (Å²) in [6, 6.07) is 25.3. The molecular weight excluding hydrogens is 524 g/mol. The lowest BCUT2D eigenvalue weighted by molar-refractivity contribution is 0.0941. The number of anilines is 1. The normalized spacial score (nSPS) is 11.3. The molecule has 0 bridgehead atoms. The van der Waals surface area contributed by atoms with Gasteiger partial charge in [-0.1, -0.05) is 55.3 Å². The number of carbonyl (C=O) groups excluding carboxylic acids is 2. The molecule has 8 nitrogen and oxygen atoms in total. The second-order valence-electron chi connectivity index (χ2n) is 10.8. The molecule has 5 rings (SSSR count). The van der Waals surface area contributed by atoms with Crippen LogP contribution in [0.2, 0.25) is 0 Å². The van der Waals surface area contributed by atoms with Crippen LogP contribution in [0.5, 0.6) is 0 Å². The van der Waals surface area contributed by atoms with Gasteiger partial charge >= 0.3 is 0 Å². The van der Waals surface area contributed by atoms with Gasteiger partial charge in [0.25, 0.3) is 11.8 Å². The quantitative estimate of drug-likeness (QED) is 0.127. The minimum atomic E-state index is -0.131. The average Bonchev–Trinajstić information content (AvgIpc) is 3.00. The molecule has 0 unspecified atom stereocenters. The van der Waals surface area contributed by atoms with E-state index in [4.69, 9.17) is 4.98 Å². The maximum Gasteiger partial charge on any atom is 0.269 e. The number of hydrogen-bond acceptors (Lipinski definition) is 6.